The van der Waals surface area contributed by atoms with Crippen molar-refractivity contribution in [3.8, 4) is 0 Å². The van der Waals surface area contributed by atoms with Crippen LogP contribution < -0.4 is 0 Å². The molecule has 3 aromatic carbocycles. The normalized spacial score (nSPS) is 11.5. The quantitative estimate of drug-likeness (QED) is 0.429. The van der Waals surface area contributed by atoms with Crippen molar-refractivity contribution >= 4 is 50.9 Å². The van der Waals surface area contributed by atoms with E-state index in [0.717, 1.165) is 20.5 Å². The zero-order chi connectivity index (χ0) is 17.9. The monoisotopic (exact) mass is 452 g/mol. The molecule has 0 atom stereocenters. The van der Waals surface area contributed by atoms with Gasteiger partial charge in [0.1, 0.15) is 5.60 Å². The molecule has 1 N–H and O–H groups in total. The Morgan fingerprint density at radius 1 is 0.760 bits per heavy atom. The lowest BCUT2D eigenvalue weighted by Crippen LogP contribution is -2.30. The first-order valence-corrected chi connectivity index (χ1v) is 10.1. The Labute approximate surface area is 170 Å². The highest BCUT2D eigenvalue weighted by Crippen LogP contribution is 2.36. The molecule has 0 aromatic heterocycles. The Bertz CT molecular complexity index is 788. The smallest absolute Gasteiger partial charge is 0.124 e. The van der Waals surface area contributed by atoms with Crippen molar-refractivity contribution in [1.29, 1.82) is 0 Å². The van der Waals surface area contributed by atoms with E-state index in [1.54, 1.807) is 36.0 Å². The van der Waals surface area contributed by atoms with Crippen LogP contribution in [0.15, 0.2) is 82.2 Å². The third kappa shape index (κ3) is 4.60. The molecule has 25 heavy (non-hydrogen) atoms. The number of hydrogen-bond acceptors (Lipinski definition) is 2. The van der Waals surface area contributed by atoms with Crippen LogP contribution in [0.3, 0.4) is 0 Å². The van der Waals surface area contributed by atoms with E-state index < -0.39 is 5.60 Å². The van der Waals surface area contributed by atoms with Crippen molar-refractivity contribution in [2.75, 3.05) is 5.75 Å². The fourth-order valence-electron chi connectivity index (χ4n) is 2.50. The molecule has 0 amide bonds. The third-order valence-electron chi connectivity index (χ3n) is 3.90. The van der Waals surface area contributed by atoms with Crippen molar-refractivity contribution in [3.05, 3.63) is 98.4 Å². The van der Waals surface area contributed by atoms with Crippen molar-refractivity contribution in [2.24, 2.45) is 0 Å². The molecular weight excluding hydrogens is 439 g/mol. The fraction of sp³-hybridized carbons (Fsp3) is 0.100. The van der Waals surface area contributed by atoms with Crippen LogP contribution in [0.2, 0.25) is 10.0 Å². The van der Waals surface area contributed by atoms with E-state index in [4.69, 9.17) is 23.2 Å². The summed E-state index contributed by atoms with van der Waals surface area (Å²) in [6, 6.07) is 22.7. The molecule has 0 bridgehead atoms. The van der Waals surface area contributed by atoms with Crippen LogP contribution in [0.1, 0.15) is 11.1 Å². The third-order valence-corrected chi connectivity index (χ3v) is 6.11. The van der Waals surface area contributed by atoms with E-state index in [0.29, 0.717) is 15.8 Å². The summed E-state index contributed by atoms with van der Waals surface area (Å²) < 4.78 is 1.03. The Kier molecular flexibility index (Phi) is 6.13. The number of aliphatic hydroxyl groups is 1. The van der Waals surface area contributed by atoms with Gasteiger partial charge < -0.3 is 5.11 Å². The largest absolute Gasteiger partial charge is 0.380 e. The first-order chi connectivity index (χ1) is 12.0. The summed E-state index contributed by atoms with van der Waals surface area (Å²) in [6.45, 7) is 0. The van der Waals surface area contributed by atoms with Gasteiger partial charge in [-0.05, 0) is 59.7 Å². The van der Waals surface area contributed by atoms with Crippen molar-refractivity contribution in [3.63, 3.8) is 0 Å². The van der Waals surface area contributed by atoms with Gasteiger partial charge in [-0.25, -0.2) is 0 Å². The Morgan fingerprint density at radius 2 is 1.20 bits per heavy atom. The van der Waals surface area contributed by atoms with Gasteiger partial charge in [0.05, 0.1) is 0 Å². The van der Waals surface area contributed by atoms with Crippen LogP contribution in [0.5, 0.6) is 0 Å². The van der Waals surface area contributed by atoms with E-state index in [1.807, 2.05) is 48.5 Å². The van der Waals surface area contributed by atoms with Gasteiger partial charge in [0.15, 0.2) is 0 Å². The zero-order valence-electron chi connectivity index (χ0n) is 13.1. The summed E-state index contributed by atoms with van der Waals surface area (Å²) >= 11 is 17.1. The van der Waals surface area contributed by atoms with Crippen molar-refractivity contribution < 1.29 is 5.11 Å². The van der Waals surface area contributed by atoms with E-state index in [-0.39, 0.29) is 0 Å². The van der Waals surface area contributed by atoms with Gasteiger partial charge in [-0.15, -0.1) is 11.8 Å². The van der Waals surface area contributed by atoms with E-state index >= 15 is 0 Å². The average molecular weight is 454 g/mol. The van der Waals surface area contributed by atoms with Gasteiger partial charge in [0, 0.05) is 25.2 Å². The Morgan fingerprint density at radius 3 is 1.64 bits per heavy atom. The molecule has 0 saturated carbocycles. The first kappa shape index (κ1) is 18.8. The molecule has 0 unspecified atom stereocenters. The fourth-order valence-corrected chi connectivity index (χ4v) is 4.06. The molecule has 0 aliphatic carbocycles. The van der Waals surface area contributed by atoms with Crippen LogP contribution >= 0.6 is 50.9 Å². The molecule has 0 spiro atoms. The number of benzene rings is 3. The zero-order valence-corrected chi connectivity index (χ0v) is 17.0. The second-order valence-electron chi connectivity index (χ2n) is 5.62. The number of halogens is 3. The van der Waals surface area contributed by atoms with Gasteiger partial charge in [0.2, 0.25) is 0 Å². The summed E-state index contributed by atoms with van der Waals surface area (Å²) in [5.41, 5.74) is 0.445. The molecule has 0 radical (unpaired) electrons. The number of thioether (sulfide) groups is 1. The molecule has 0 fully saturated rings. The van der Waals surface area contributed by atoms with Crippen LogP contribution in [-0.2, 0) is 5.60 Å². The summed E-state index contributed by atoms with van der Waals surface area (Å²) in [5, 5.41) is 12.8. The van der Waals surface area contributed by atoms with E-state index in [2.05, 4.69) is 15.9 Å². The van der Waals surface area contributed by atoms with E-state index in [1.165, 1.54) is 0 Å². The highest BCUT2D eigenvalue weighted by molar-refractivity contribution is 9.10. The second-order valence-corrected chi connectivity index (χ2v) is 8.45. The van der Waals surface area contributed by atoms with Crippen molar-refractivity contribution in [2.45, 2.75) is 10.5 Å². The van der Waals surface area contributed by atoms with Crippen molar-refractivity contribution in [1.82, 2.24) is 0 Å². The highest BCUT2D eigenvalue weighted by atomic mass is 79.9. The molecule has 3 rings (SSSR count). The molecule has 3 aromatic rings. The lowest BCUT2D eigenvalue weighted by molar-refractivity contribution is 0.107. The van der Waals surface area contributed by atoms with E-state index in [9.17, 15) is 5.11 Å². The van der Waals surface area contributed by atoms with Crippen LogP contribution in [0.4, 0.5) is 0 Å². The second kappa shape index (κ2) is 8.15. The topological polar surface area (TPSA) is 20.2 Å². The van der Waals surface area contributed by atoms with Crippen LogP contribution in [0, 0.1) is 0 Å². The summed E-state index contributed by atoms with van der Waals surface area (Å²) in [7, 11) is 0. The summed E-state index contributed by atoms with van der Waals surface area (Å²) in [4.78, 5) is 1.09. The maximum Gasteiger partial charge on any atom is 0.124 e. The highest BCUT2D eigenvalue weighted by Gasteiger charge is 2.31. The Balaban J connectivity index is 1.94. The molecule has 1 nitrogen and oxygen atoms in total. The molecule has 128 valence electrons. The minimum atomic E-state index is -1.15. The minimum absolute atomic E-state index is 0.470. The lowest BCUT2D eigenvalue weighted by Gasteiger charge is -2.29. The summed E-state index contributed by atoms with van der Waals surface area (Å²) in [5.74, 6) is 0.470. The van der Waals surface area contributed by atoms with Gasteiger partial charge >= 0.3 is 0 Å². The molecule has 0 heterocycles. The van der Waals surface area contributed by atoms with Gasteiger partial charge in [0.25, 0.3) is 0 Å². The predicted octanol–water partition coefficient (Wildman–Crippen LogP) is 6.78. The SMILES string of the molecule is OC(CSc1ccc(Br)cc1)(c1ccc(Cl)cc1)c1ccc(Cl)cc1. The molecule has 0 aliphatic heterocycles. The van der Waals surface area contributed by atoms with Gasteiger partial charge in [-0.1, -0.05) is 63.4 Å². The van der Waals surface area contributed by atoms with Crippen LogP contribution in [0.25, 0.3) is 0 Å². The van der Waals surface area contributed by atoms with Gasteiger partial charge in [-0.3, -0.25) is 0 Å². The number of rotatable bonds is 5. The lowest BCUT2D eigenvalue weighted by atomic mass is 9.88. The van der Waals surface area contributed by atoms with Crippen LogP contribution in [-0.4, -0.2) is 10.9 Å². The summed E-state index contributed by atoms with van der Waals surface area (Å²) in [6.07, 6.45) is 0. The Hall–Kier alpha value is -0.970. The average Bonchev–Trinajstić information content (AvgIpc) is 2.62. The molecule has 5 heteroatoms. The standard InChI is InChI=1S/C20H15BrCl2OS/c21-16-5-11-19(12-6-16)25-13-20(24,14-1-7-17(22)8-2-14)15-3-9-18(23)10-4-15/h1-12,24H,13H2. The minimum Gasteiger partial charge on any atom is -0.380 e. The molecule has 0 saturated heterocycles. The maximum absolute atomic E-state index is 11.5. The first-order valence-electron chi connectivity index (χ1n) is 7.60. The maximum atomic E-state index is 11.5. The number of hydrogen-bond donors (Lipinski definition) is 1. The molecule has 0 aliphatic rings. The van der Waals surface area contributed by atoms with Gasteiger partial charge in [-0.2, -0.15) is 0 Å². The predicted molar refractivity (Wildman–Crippen MR) is 111 cm³/mol. The molecular formula is C20H15BrCl2OS.